The fourth-order valence-electron chi connectivity index (χ4n) is 3.11. The third-order valence-corrected chi connectivity index (χ3v) is 6.61. The van der Waals surface area contributed by atoms with Crippen molar-refractivity contribution in [2.45, 2.75) is 17.5 Å². The van der Waals surface area contributed by atoms with Crippen molar-refractivity contribution in [3.05, 3.63) is 95.8 Å². The molecule has 0 spiro atoms. The zero-order valence-corrected chi connectivity index (χ0v) is 18.0. The van der Waals surface area contributed by atoms with Gasteiger partial charge >= 0.3 is 6.18 Å². The van der Waals surface area contributed by atoms with E-state index < -0.39 is 40.0 Å². The molecule has 3 aromatic rings. The van der Waals surface area contributed by atoms with E-state index in [1.807, 2.05) is 18.2 Å². The Kier molecular flexibility index (Phi) is 7.50. The minimum atomic E-state index is -4.94. The number of benzene rings is 3. The molecule has 0 aliphatic rings. The first-order valence-electron chi connectivity index (χ1n) is 9.83. The zero-order valence-electron chi connectivity index (χ0n) is 17.2. The number of anilines is 1. The molecule has 33 heavy (non-hydrogen) atoms. The van der Waals surface area contributed by atoms with Gasteiger partial charge < -0.3 is 5.32 Å². The van der Waals surface area contributed by atoms with Crippen molar-refractivity contribution >= 4 is 21.6 Å². The van der Waals surface area contributed by atoms with Gasteiger partial charge in [-0.3, -0.25) is 4.79 Å². The van der Waals surface area contributed by atoms with Crippen LogP contribution in [0.25, 0.3) is 0 Å². The molecule has 0 heterocycles. The van der Waals surface area contributed by atoms with E-state index in [0.717, 1.165) is 15.9 Å². The molecule has 0 radical (unpaired) electrons. The molecule has 0 saturated carbocycles. The number of hydrogen-bond donors (Lipinski definition) is 1. The second kappa shape index (κ2) is 10.1. The van der Waals surface area contributed by atoms with Gasteiger partial charge in [-0.2, -0.15) is 17.5 Å². The van der Waals surface area contributed by atoms with Crippen LogP contribution >= 0.6 is 0 Å². The fourth-order valence-corrected chi connectivity index (χ4v) is 4.52. The quantitative estimate of drug-likeness (QED) is 0.475. The molecule has 0 aromatic heterocycles. The van der Waals surface area contributed by atoms with Crippen LogP contribution in [0.5, 0.6) is 0 Å². The highest BCUT2D eigenvalue weighted by Gasteiger charge is 2.34. The Morgan fingerprint density at radius 2 is 1.52 bits per heavy atom. The number of halogens is 4. The van der Waals surface area contributed by atoms with Gasteiger partial charge in [0.1, 0.15) is 5.82 Å². The first-order valence-corrected chi connectivity index (χ1v) is 11.3. The van der Waals surface area contributed by atoms with E-state index in [4.69, 9.17) is 0 Å². The average molecular weight is 480 g/mol. The van der Waals surface area contributed by atoms with Gasteiger partial charge in [-0.25, -0.2) is 12.8 Å². The summed E-state index contributed by atoms with van der Waals surface area (Å²) < 4.78 is 79.5. The molecule has 0 unspecified atom stereocenters. The van der Waals surface area contributed by atoms with E-state index in [-0.39, 0.29) is 17.1 Å². The molecule has 0 fully saturated rings. The molecule has 1 amide bonds. The van der Waals surface area contributed by atoms with Crippen molar-refractivity contribution in [1.29, 1.82) is 0 Å². The zero-order chi connectivity index (χ0) is 24.1. The van der Waals surface area contributed by atoms with E-state index in [2.05, 4.69) is 5.32 Å². The van der Waals surface area contributed by atoms with Crippen LogP contribution < -0.4 is 5.32 Å². The molecule has 1 N–H and O–H groups in total. The largest absolute Gasteiger partial charge is 0.419 e. The third kappa shape index (κ3) is 6.39. The van der Waals surface area contributed by atoms with E-state index >= 15 is 0 Å². The lowest BCUT2D eigenvalue weighted by atomic mass is 10.1. The van der Waals surface area contributed by atoms with E-state index in [1.54, 1.807) is 30.3 Å². The summed E-state index contributed by atoms with van der Waals surface area (Å²) in [6, 6.07) is 18.6. The number of amides is 1. The predicted octanol–water partition coefficient (Wildman–Crippen LogP) is 4.72. The highest BCUT2D eigenvalue weighted by molar-refractivity contribution is 7.89. The summed E-state index contributed by atoms with van der Waals surface area (Å²) in [5, 5.41) is 2.22. The van der Waals surface area contributed by atoms with Gasteiger partial charge in [0.05, 0.1) is 17.0 Å². The minimum absolute atomic E-state index is 0.0213. The van der Waals surface area contributed by atoms with Crippen molar-refractivity contribution in [2.75, 3.05) is 18.4 Å². The van der Waals surface area contributed by atoms with Crippen molar-refractivity contribution in [2.24, 2.45) is 0 Å². The number of nitrogens with zero attached hydrogens (tertiary/aromatic N) is 1. The highest BCUT2D eigenvalue weighted by Crippen LogP contribution is 2.33. The molecule has 0 aliphatic carbocycles. The highest BCUT2D eigenvalue weighted by atomic mass is 32.2. The molecule has 3 rings (SSSR count). The van der Waals surface area contributed by atoms with Crippen molar-refractivity contribution in [3.63, 3.8) is 0 Å². The summed E-state index contributed by atoms with van der Waals surface area (Å²) in [5.74, 6) is -2.33. The van der Waals surface area contributed by atoms with Gasteiger partial charge in [0.25, 0.3) is 0 Å². The van der Waals surface area contributed by atoms with E-state index in [0.29, 0.717) is 18.6 Å². The van der Waals surface area contributed by atoms with Crippen molar-refractivity contribution in [1.82, 2.24) is 4.31 Å². The maximum atomic E-state index is 13.5. The molecule has 10 heteroatoms. The first kappa shape index (κ1) is 24.4. The maximum absolute atomic E-state index is 13.5. The van der Waals surface area contributed by atoms with Crippen LogP contribution in [0.1, 0.15) is 11.1 Å². The van der Waals surface area contributed by atoms with E-state index in [9.17, 15) is 30.8 Å². The number of alkyl halides is 3. The lowest BCUT2D eigenvalue weighted by molar-refractivity contribution is -0.140. The van der Waals surface area contributed by atoms with Gasteiger partial charge in [-0.15, -0.1) is 0 Å². The average Bonchev–Trinajstić information content (AvgIpc) is 2.78. The first-order chi connectivity index (χ1) is 15.6. The van der Waals surface area contributed by atoms with E-state index in [1.165, 1.54) is 12.1 Å². The van der Waals surface area contributed by atoms with Gasteiger partial charge in [0.15, 0.2) is 0 Å². The number of nitrogens with one attached hydrogen (secondary N) is 1. The topological polar surface area (TPSA) is 66.5 Å². The molecule has 0 aliphatic heterocycles. The Bertz CT molecular complexity index is 1200. The minimum Gasteiger partial charge on any atom is -0.325 e. The Labute approximate surface area is 188 Å². The Morgan fingerprint density at radius 1 is 0.909 bits per heavy atom. The maximum Gasteiger partial charge on any atom is 0.419 e. The van der Waals surface area contributed by atoms with Crippen LogP contribution in [-0.4, -0.2) is 31.7 Å². The summed E-state index contributed by atoms with van der Waals surface area (Å²) in [7, 11) is -4.06. The second-order valence-corrected chi connectivity index (χ2v) is 9.07. The molecule has 0 atom stereocenters. The lowest BCUT2D eigenvalue weighted by Crippen LogP contribution is -2.39. The number of sulfonamides is 1. The van der Waals surface area contributed by atoms with Crippen molar-refractivity contribution < 1.29 is 30.8 Å². The molecule has 0 saturated heterocycles. The Hall–Kier alpha value is -3.24. The van der Waals surface area contributed by atoms with Gasteiger partial charge in [0, 0.05) is 12.2 Å². The SMILES string of the molecule is O=C(CN(CCc1ccccc1)S(=O)(=O)c1ccccc1)Nc1ccc(F)c(C(F)(F)F)c1. The van der Waals surface area contributed by atoms with Crippen LogP contribution in [0.3, 0.4) is 0 Å². The Morgan fingerprint density at radius 3 is 2.12 bits per heavy atom. The van der Waals surface area contributed by atoms with Crippen LogP contribution in [0.15, 0.2) is 83.8 Å². The molecular formula is C23H20F4N2O3S. The fraction of sp³-hybridized carbons (Fsp3) is 0.174. The number of carbonyl (C=O) groups is 1. The molecule has 174 valence electrons. The standard InChI is InChI=1S/C23H20F4N2O3S/c24-21-12-11-18(15-20(21)23(25,26)27)28-22(30)16-29(14-13-17-7-3-1-4-8-17)33(31,32)19-9-5-2-6-10-19/h1-12,15H,13-14,16H2,(H,28,30). The molecule has 3 aromatic carbocycles. The van der Waals surface area contributed by atoms with Crippen LogP contribution in [-0.2, 0) is 27.4 Å². The summed E-state index contributed by atoms with van der Waals surface area (Å²) in [5.41, 5.74) is -0.980. The summed E-state index contributed by atoms with van der Waals surface area (Å²) >= 11 is 0. The number of carbonyl (C=O) groups excluding carboxylic acids is 1. The predicted molar refractivity (Wildman–Crippen MR) is 115 cm³/mol. The van der Waals surface area contributed by atoms with Gasteiger partial charge in [0.2, 0.25) is 15.9 Å². The van der Waals surface area contributed by atoms with Crippen LogP contribution in [0.4, 0.5) is 23.2 Å². The van der Waals surface area contributed by atoms with Gasteiger partial charge in [-0.05, 0) is 42.3 Å². The molecule has 5 nitrogen and oxygen atoms in total. The summed E-state index contributed by atoms with van der Waals surface area (Å²) in [6.07, 6.45) is -4.63. The second-order valence-electron chi connectivity index (χ2n) is 7.13. The molecule has 0 bridgehead atoms. The third-order valence-electron chi connectivity index (χ3n) is 4.75. The lowest BCUT2D eigenvalue weighted by Gasteiger charge is -2.22. The Balaban J connectivity index is 1.81. The normalized spacial score (nSPS) is 12.0. The van der Waals surface area contributed by atoms with Crippen molar-refractivity contribution in [3.8, 4) is 0 Å². The monoisotopic (exact) mass is 480 g/mol. The van der Waals surface area contributed by atoms with Crippen LogP contribution in [0, 0.1) is 5.82 Å². The number of rotatable bonds is 8. The summed E-state index contributed by atoms with van der Waals surface area (Å²) in [4.78, 5) is 12.5. The van der Waals surface area contributed by atoms with Gasteiger partial charge in [-0.1, -0.05) is 48.5 Å². The summed E-state index contributed by atoms with van der Waals surface area (Å²) in [6.45, 7) is -0.672. The number of hydrogen-bond acceptors (Lipinski definition) is 3. The smallest absolute Gasteiger partial charge is 0.325 e. The molecular weight excluding hydrogens is 460 g/mol. The van der Waals surface area contributed by atoms with Crippen LogP contribution in [0.2, 0.25) is 0 Å².